The van der Waals surface area contributed by atoms with Gasteiger partial charge in [-0.2, -0.15) is 12.1 Å². The summed E-state index contributed by atoms with van der Waals surface area (Å²) in [5.41, 5.74) is 9.14. The van der Waals surface area contributed by atoms with Gasteiger partial charge in [-0.3, -0.25) is 0 Å². The van der Waals surface area contributed by atoms with Crippen LogP contribution in [0, 0.1) is 18.5 Å². The first-order valence-corrected chi connectivity index (χ1v) is 14.6. The van der Waals surface area contributed by atoms with Crippen LogP contribution >= 0.6 is 0 Å². The molecule has 0 saturated carbocycles. The van der Waals surface area contributed by atoms with Crippen LogP contribution in [0.1, 0.15) is 19.9 Å². The normalized spacial score (nSPS) is 11.4. The van der Waals surface area contributed by atoms with Gasteiger partial charge in [0.05, 0.1) is 22.6 Å². The van der Waals surface area contributed by atoms with Gasteiger partial charge >= 0.3 is 20.1 Å². The van der Waals surface area contributed by atoms with Crippen molar-refractivity contribution in [2.45, 2.75) is 19.9 Å². The molecule has 5 aromatic carbocycles. The zero-order valence-corrected chi connectivity index (χ0v) is 26.7. The Hall–Kier alpha value is -4.83. The quantitative estimate of drug-likeness (QED) is 0.131. The summed E-state index contributed by atoms with van der Waals surface area (Å²) in [6.07, 6.45) is 5.40. The smallest absolute Gasteiger partial charge is 0.341 e. The molecule has 0 bridgehead atoms. The van der Waals surface area contributed by atoms with E-state index in [0.717, 1.165) is 22.5 Å². The Morgan fingerprint density at radius 2 is 1.41 bits per heavy atom. The summed E-state index contributed by atoms with van der Waals surface area (Å²) >= 11 is 0. The Labute approximate surface area is 269 Å². The van der Waals surface area contributed by atoms with Crippen molar-refractivity contribution in [2.75, 3.05) is 0 Å². The predicted octanol–water partition coefficient (Wildman–Crippen LogP) is 8.80. The van der Waals surface area contributed by atoms with Crippen molar-refractivity contribution in [3.8, 4) is 16.9 Å². The van der Waals surface area contributed by atoms with Crippen molar-refractivity contribution < 1.29 is 24.7 Å². The van der Waals surface area contributed by atoms with E-state index in [1.54, 1.807) is 6.20 Å². The number of hydrogen-bond acceptors (Lipinski definition) is 1. The monoisotopic (exact) mass is 745 g/mol. The zero-order chi connectivity index (χ0) is 28.9. The summed E-state index contributed by atoms with van der Waals surface area (Å²) in [7, 11) is 0. The average molecular weight is 745 g/mol. The zero-order valence-electron chi connectivity index (χ0n) is 24.3. The molecule has 0 saturated heterocycles. The van der Waals surface area contributed by atoms with Crippen LogP contribution in [0.5, 0.6) is 0 Å². The first-order chi connectivity index (χ1) is 21.2. The van der Waals surface area contributed by atoms with E-state index in [-0.39, 0.29) is 20.1 Å². The van der Waals surface area contributed by atoms with Crippen LogP contribution in [0.3, 0.4) is 0 Å². The molecule has 0 aliphatic rings. The van der Waals surface area contributed by atoms with Gasteiger partial charge in [0.2, 0.25) is 6.33 Å². The number of imidazole rings is 1. The van der Waals surface area contributed by atoms with Gasteiger partial charge < -0.3 is 18.5 Å². The summed E-state index contributed by atoms with van der Waals surface area (Å²) < 4.78 is 6.81. The summed E-state index contributed by atoms with van der Waals surface area (Å²) in [5.74, 6) is 0. The molecule has 0 amide bonds. The SMILES string of the molecule is CC(C)[n+]1[c-]n(-c2[c-]ccc3c2c2cccc4c5ccccc5n3c42)c2ccccc21.[Ir+3].[c-]1ccccc1-c1ccccn1. The predicted molar refractivity (Wildman–Crippen MR) is 175 cm³/mol. The van der Waals surface area contributed by atoms with Crippen molar-refractivity contribution >= 4 is 49.1 Å². The van der Waals surface area contributed by atoms with Crippen molar-refractivity contribution in [1.82, 2.24) is 14.0 Å². The number of nitrogens with zero attached hydrogens (tertiary/aromatic N) is 4. The Morgan fingerprint density at radius 3 is 2.20 bits per heavy atom. The Kier molecular flexibility index (Phi) is 7.21. The average Bonchev–Trinajstić information content (AvgIpc) is 3.74. The van der Waals surface area contributed by atoms with Crippen molar-refractivity contribution in [3.63, 3.8) is 0 Å². The Balaban J connectivity index is 0.000000203. The van der Waals surface area contributed by atoms with Crippen LogP contribution < -0.4 is 4.57 Å². The second kappa shape index (κ2) is 11.3. The van der Waals surface area contributed by atoms with Gasteiger partial charge in [-0.05, 0) is 31.7 Å². The fourth-order valence-electron chi connectivity index (χ4n) is 6.29. The molecule has 0 radical (unpaired) electrons. The van der Waals surface area contributed by atoms with Gasteiger partial charge in [-0.25, -0.2) is 0 Å². The molecule has 0 N–H and O–H groups in total. The number of rotatable bonds is 3. The fourth-order valence-corrected chi connectivity index (χ4v) is 6.29. The Morgan fingerprint density at radius 1 is 0.659 bits per heavy atom. The van der Waals surface area contributed by atoms with Gasteiger partial charge in [-0.1, -0.05) is 94.8 Å². The molecule has 5 heteroatoms. The number of fused-ring (bicyclic) bond motifs is 7. The minimum absolute atomic E-state index is 0. The second-order valence-corrected chi connectivity index (χ2v) is 11.0. The first-order valence-electron chi connectivity index (χ1n) is 14.6. The molecule has 0 unspecified atom stereocenters. The molecule has 4 nitrogen and oxygen atoms in total. The molecule has 0 aliphatic carbocycles. The maximum absolute atomic E-state index is 4.22. The molecule has 212 valence electrons. The van der Waals surface area contributed by atoms with Crippen molar-refractivity contribution in [1.29, 1.82) is 0 Å². The van der Waals surface area contributed by atoms with E-state index in [9.17, 15) is 0 Å². The van der Waals surface area contributed by atoms with Crippen LogP contribution in [-0.2, 0) is 20.1 Å². The number of pyridine rings is 1. The van der Waals surface area contributed by atoms with Gasteiger partial charge in [0.25, 0.3) is 0 Å². The van der Waals surface area contributed by atoms with Crippen molar-refractivity contribution in [3.05, 3.63) is 146 Å². The summed E-state index contributed by atoms with van der Waals surface area (Å²) in [4.78, 5) is 4.22. The van der Waals surface area contributed by atoms with Gasteiger partial charge in [-0.15, -0.1) is 42.0 Å². The molecule has 0 spiro atoms. The maximum Gasteiger partial charge on any atom is 3.00 e. The minimum Gasteiger partial charge on any atom is -0.341 e. The van der Waals surface area contributed by atoms with E-state index in [1.807, 2.05) is 48.5 Å². The van der Waals surface area contributed by atoms with E-state index < -0.39 is 0 Å². The van der Waals surface area contributed by atoms with Crippen molar-refractivity contribution in [2.24, 2.45) is 0 Å². The van der Waals surface area contributed by atoms with E-state index in [4.69, 9.17) is 0 Å². The maximum atomic E-state index is 4.22. The van der Waals surface area contributed by atoms with E-state index in [1.165, 1.54) is 43.6 Å². The third-order valence-corrected chi connectivity index (χ3v) is 8.14. The summed E-state index contributed by atoms with van der Waals surface area (Å²) in [6.45, 7) is 4.40. The number of benzene rings is 5. The molecule has 0 aliphatic heterocycles. The van der Waals surface area contributed by atoms with E-state index >= 15 is 0 Å². The minimum atomic E-state index is 0. The second-order valence-electron chi connectivity index (χ2n) is 11.0. The van der Waals surface area contributed by atoms with E-state index in [0.29, 0.717) is 6.04 Å². The molecule has 44 heavy (non-hydrogen) atoms. The molecule has 9 aromatic rings. The van der Waals surface area contributed by atoms with Gasteiger partial charge in [0, 0.05) is 22.5 Å². The largest absolute Gasteiger partial charge is 3.00 e. The van der Waals surface area contributed by atoms with Gasteiger partial charge in [0.15, 0.2) is 0 Å². The summed E-state index contributed by atoms with van der Waals surface area (Å²) in [5, 5.41) is 5.09. The van der Waals surface area contributed by atoms with Crippen LogP contribution in [0.4, 0.5) is 0 Å². The summed E-state index contributed by atoms with van der Waals surface area (Å²) in [6, 6.07) is 48.8. The topological polar surface area (TPSA) is 26.1 Å². The Bertz CT molecular complexity index is 2330. The molecule has 4 aromatic heterocycles. The first kappa shape index (κ1) is 28.0. The number of para-hydroxylation sites is 4. The molecule has 0 fully saturated rings. The van der Waals surface area contributed by atoms with Crippen LogP contribution in [0.15, 0.2) is 128 Å². The molecule has 4 heterocycles. The fraction of sp³-hybridized carbons (Fsp3) is 0.0769. The number of hydrogen-bond donors (Lipinski definition) is 0. The van der Waals surface area contributed by atoms with Crippen LogP contribution in [-0.4, -0.2) is 14.0 Å². The van der Waals surface area contributed by atoms with Crippen LogP contribution in [0.25, 0.3) is 66.1 Å². The standard InChI is InChI=1S/C28H20N3.C11H8N.Ir/c1-18(2)29-17-30(24-14-6-5-13-23(24)29)25-15-8-16-26-27(25)21-11-7-10-20-19-9-3-4-12-22(19)31(26)28(20)21;1-2-6-10(7-3-1)11-8-4-5-9-12-11;/h3-14,16,18H,1-2H3;1-6,8-9H;/q2*-1;+3. The van der Waals surface area contributed by atoms with Crippen LogP contribution in [0.2, 0.25) is 0 Å². The van der Waals surface area contributed by atoms with Gasteiger partial charge in [0.1, 0.15) is 0 Å². The molecule has 0 atom stereocenters. The number of aromatic nitrogens is 4. The third-order valence-electron chi connectivity index (χ3n) is 8.14. The van der Waals surface area contributed by atoms with E-state index in [2.05, 4.69) is 124 Å². The molecular formula is C39H28IrN4+. The molecule has 9 rings (SSSR count). The molecular weight excluding hydrogens is 717 g/mol. The third kappa shape index (κ3) is 4.40.